The number of aryl methyl sites for hydroxylation is 1. The molecule has 0 saturated carbocycles. The highest BCUT2D eigenvalue weighted by atomic mass is 19.4. The van der Waals surface area contributed by atoms with E-state index < -0.39 is 11.7 Å². The molecule has 3 heterocycles. The average molecular weight is 419 g/mol. The van der Waals surface area contributed by atoms with Crippen molar-refractivity contribution in [3.63, 3.8) is 0 Å². The molecule has 2 aromatic heterocycles. The molecule has 0 radical (unpaired) electrons. The Morgan fingerprint density at radius 3 is 2.50 bits per heavy atom. The third kappa shape index (κ3) is 3.96. The minimum atomic E-state index is -4.41. The summed E-state index contributed by atoms with van der Waals surface area (Å²) in [6.07, 6.45) is -4.41. The number of nitrogens with zero attached hydrogens (tertiary/aromatic N) is 3. The van der Waals surface area contributed by atoms with Crippen LogP contribution in [0.15, 0.2) is 40.8 Å². The van der Waals surface area contributed by atoms with Crippen LogP contribution >= 0.6 is 0 Å². The molecule has 30 heavy (non-hydrogen) atoms. The topological polar surface area (TPSA) is 41.6 Å². The van der Waals surface area contributed by atoms with E-state index in [0.29, 0.717) is 41.2 Å². The maximum Gasteiger partial charge on any atom is 0.416 e. The van der Waals surface area contributed by atoms with Crippen molar-refractivity contribution in [1.82, 2.24) is 14.4 Å². The summed E-state index contributed by atoms with van der Waals surface area (Å²) in [5, 5.41) is 0. The summed E-state index contributed by atoms with van der Waals surface area (Å²) in [7, 11) is 0. The number of benzene rings is 1. The highest BCUT2D eigenvalue weighted by Gasteiger charge is 2.31. The first-order chi connectivity index (χ1) is 14.3. The van der Waals surface area contributed by atoms with Crippen molar-refractivity contribution in [3.05, 3.63) is 59.0 Å². The van der Waals surface area contributed by atoms with Gasteiger partial charge in [-0.3, -0.25) is 4.79 Å². The first-order valence-electron chi connectivity index (χ1n) is 10.0. The Bertz CT molecular complexity index is 1060. The Balaban J connectivity index is 1.68. The fourth-order valence-corrected chi connectivity index (χ4v) is 3.97. The summed E-state index contributed by atoms with van der Waals surface area (Å²) in [6.45, 7) is 7.87. The van der Waals surface area contributed by atoms with E-state index in [0.717, 1.165) is 31.8 Å². The van der Waals surface area contributed by atoms with E-state index in [2.05, 4.69) is 11.8 Å². The number of hydrogen-bond donors (Lipinski definition) is 0. The molecule has 4 rings (SSSR count). The second-order valence-corrected chi connectivity index (χ2v) is 7.65. The molecule has 1 fully saturated rings. The Hall–Kier alpha value is -2.74. The van der Waals surface area contributed by atoms with Gasteiger partial charge < -0.3 is 18.8 Å². The summed E-state index contributed by atoms with van der Waals surface area (Å²) < 4.78 is 46.8. The fraction of sp³-hybridized carbons (Fsp3) is 0.409. The average Bonchev–Trinajstić information content (AvgIpc) is 3.24. The van der Waals surface area contributed by atoms with Crippen molar-refractivity contribution in [2.24, 2.45) is 0 Å². The van der Waals surface area contributed by atoms with Gasteiger partial charge in [-0.1, -0.05) is 19.1 Å². The van der Waals surface area contributed by atoms with Gasteiger partial charge in [0.15, 0.2) is 5.58 Å². The minimum Gasteiger partial charge on any atom is -0.460 e. The number of carbonyl (C=O) groups is 1. The van der Waals surface area contributed by atoms with Crippen molar-refractivity contribution < 1.29 is 22.4 Å². The van der Waals surface area contributed by atoms with Crippen LogP contribution in [0.1, 0.15) is 34.3 Å². The Morgan fingerprint density at radius 1 is 1.10 bits per heavy atom. The van der Waals surface area contributed by atoms with Gasteiger partial charge >= 0.3 is 6.18 Å². The second-order valence-electron chi connectivity index (χ2n) is 7.65. The normalized spacial score (nSPS) is 15.8. The zero-order valence-electron chi connectivity index (χ0n) is 17.0. The molecule has 0 atom stereocenters. The molecule has 1 saturated heterocycles. The molecule has 0 aliphatic carbocycles. The predicted molar refractivity (Wildman–Crippen MR) is 108 cm³/mol. The zero-order valence-corrected chi connectivity index (χ0v) is 17.0. The van der Waals surface area contributed by atoms with E-state index in [9.17, 15) is 18.0 Å². The molecule has 8 heteroatoms. The second kappa shape index (κ2) is 7.83. The van der Waals surface area contributed by atoms with Crippen LogP contribution in [-0.2, 0) is 12.7 Å². The van der Waals surface area contributed by atoms with Crippen molar-refractivity contribution in [2.45, 2.75) is 26.6 Å². The van der Waals surface area contributed by atoms with Crippen LogP contribution in [0.3, 0.4) is 0 Å². The van der Waals surface area contributed by atoms with Crippen LogP contribution < -0.4 is 0 Å². The van der Waals surface area contributed by atoms with E-state index in [1.165, 1.54) is 6.07 Å². The van der Waals surface area contributed by atoms with Crippen LogP contribution in [-0.4, -0.2) is 53.0 Å². The van der Waals surface area contributed by atoms with Crippen molar-refractivity contribution in [1.29, 1.82) is 0 Å². The summed E-state index contributed by atoms with van der Waals surface area (Å²) >= 11 is 0. The molecule has 5 nitrogen and oxygen atoms in total. The van der Waals surface area contributed by atoms with E-state index in [1.807, 2.05) is 6.07 Å². The van der Waals surface area contributed by atoms with Gasteiger partial charge in [0.2, 0.25) is 0 Å². The number of piperazine rings is 1. The molecule has 0 bridgehead atoms. The molecule has 0 unspecified atom stereocenters. The van der Waals surface area contributed by atoms with Crippen LogP contribution in [0.25, 0.3) is 11.1 Å². The summed E-state index contributed by atoms with van der Waals surface area (Å²) in [5.41, 5.74) is 1.49. The fourth-order valence-electron chi connectivity index (χ4n) is 3.97. The number of hydrogen-bond acceptors (Lipinski definition) is 3. The maximum atomic E-state index is 13.2. The summed E-state index contributed by atoms with van der Waals surface area (Å²) in [4.78, 5) is 17.3. The van der Waals surface area contributed by atoms with Gasteiger partial charge in [-0.05, 0) is 31.2 Å². The number of halogens is 3. The summed E-state index contributed by atoms with van der Waals surface area (Å²) in [5.74, 6) is 0.565. The third-order valence-electron chi connectivity index (χ3n) is 5.63. The molecule has 1 aliphatic rings. The van der Waals surface area contributed by atoms with E-state index >= 15 is 0 Å². The minimum absolute atomic E-state index is 0.123. The molecule has 1 amide bonds. The van der Waals surface area contributed by atoms with Gasteiger partial charge in [-0.25, -0.2) is 0 Å². The predicted octanol–water partition coefficient (Wildman–Crippen LogP) is 4.39. The van der Waals surface area contributed by atoms with Gasteiger partial charge in [0.1, 0.15) is 11.5 Å². The Kier molecular flexibility index (Phi) is 5.36. The van der Waals surface area contributed by atoms with Crippen molar-refractivity contribution in [2.75, 3.05) is 32.7 Å². The third-order valence-corrected chi connectivity index (χ3v) is 5.63. The summed E-state index contributed by atoms with van der Waals surface area (Å²) in [6, 6.07) is 8.73. The lowest BCUT2D eigenvalue weighted by atomic mass is 10.1. The van der Waals surface area contributed by atoms with Crippen molar-refractivity contribution in [3.8, 4) is 0 Å². The van der Waals surface area contributed by atoms with E-state index in [4.69, 9.17) is 4.42 Å². The molecular formula is C22H24F3N3O2. The van der Waals surface area contributed by atoms with Gasteiger partial charge in [-0.2, -0.15) is 13.2 Å². The SMILES string of the molecule is CCN1CCN(C(=O)c2cc3oc(C)cc3n2Cc2cccc(C(F)(F)F)c2)CC1. The molecule has 0 spiro atoms. The van der Waals surface area contributed by atoms with Gasteiger partial charge in [0.25, 0.3) is 5.91 Å². The van der Waals surface area contributed by atoms with E-state index in [1.54, 1.807) is 28.5 Å². The molecule has 1 aromatic carbocycles. The van der Waals surface area contributed by atoms with E-state index in [-0.39, 0.29) is 12.5 Å². The Morgan fingerprint density at radius 2 is 1.83 bits per heavy atom. The molecule has 160 valence electrons. The molecule has 0 N–H and O–H groups in total. The highest BCUT2D eigenvalue weighted by molar-refractivity contribution is 5.97. The number of amides is 1. The monoisotopic (exact) mass is 419 g/mol. The largest absolute Gasteiger partial charge is 0.460 e. The van der Waals surface area contributed by atoms with Gasteiger partial charge in [-0.15, -0.1) is 0 Å². The highest BCUT2D eigenvalue weighted by Crippen LogP contribution is 2.31. The lowest BCUT2D eigenvalue weighted by Gasteiger charge is -2.34. The zero-order chi connectivity index (χ0) is 21.5. The van der Waals surface area contributed by atoms with Crippen LogP contribution in [0, 0.1) is 6.92 Å². The number of rotatable bonds is 4. The number of furan rings is 1. The van der Waals surface area contributed by atoms with Gasteiger partial charge in [0, 0.05) is 44.9 Å². The lowest BCUT2D eigenvalue weighted by Crippen LogP contribution is -2.48. The Labute approximate surface area is 172 Å². The number of likely N-dealkylation sites (N-methyl/N-ethyl adjacent to an activating group) is 1. The number of carbonyl (C=O) groups excluding carboxylic acids is 1. The number of fused-ring (bicyclic) bond motifs is 1. The molecular weight excluding hydrogens is 395 g/mol. The lowest BCUT2D eigenvalue weighted by molar-refractivity contribution is -0.137. The smallest absolute Gasteiger partial charge is 0.416 e. The first-order valence-corrected chi connectivity index (χ1v) is 10.0. The van der Waals surface area contributed by atoms with Crippen LogP contribution in [0.5, 0.6) is 0 Å². The first kappa shape index (κ1) is 20.5. The quantitative estimate of drug-likeness (QED) is 0.630. The molecule has 1 aliphatic heterocycles. The standard InChI is InChI=1S/C22H24F3N3O2/c1-3-26-7-9-27(10-8-26)21(29)19-13-20-18(11-15(2)30-20)28(19)14-16-5-4-6-17(12-16)22(23,24)25/h4-6,11-13H,3,7-10,14H2,1-2H3. The maximum absolute atomic E-state index is 13.2. The number of aromatic nitrogens is 1. The van der Waals surface area contributed by atoms with Crippen LogP contribution in [0.2, 0.25) is 0 Å². The van der Waals surface area contributed by atoms with Crippen LogP contribution in [0.4, 0.5) is 13.2 Å². The molecule has 3 aromatic rings. The van der Waals surface area contributed by atoms with Crippen molar-refractivity contribution >= 4 is 17.0 Å². The van der Waals surface area contributed by atoms with Gasteiger partial charge in [0.05, 0.1) is 11.1 Å². The number of alkyl halides is 3.